The van der Waals surface area contributed by atoms with Crippen LogP contribution in [0.15, 0.2) is 42.5 Å². The maximum atomic E-state index is 12.8. The maximum absolute atomic E-state index is 12.8. The first kappa shape index (κ1) is 31.9. The molecule has 1 aromatic rings. The number of rotatable bonds is 16. The van der Waals surface area contributed by atoms with E-state index in [4.69, 9.17) is 5.73 Å². The summed E-state index contributed by atoms with van der Waals surface area (Å²) < 4.78 is 0. The van der Waals surface area contributed by atoms with Crippen molar-refractivity contribution in [2.24, 2.45) is 35.3 Å². The first-order valence-electron chi connectivity index (χ1n) is 16.3. The molecule has 4 N–H and O–H groups in total. The van der Waals surface area contributed by atoms with Crippen molar-refractivity contribution in [3.63, 3.8) is 0 Å². The van der Waals surface area contributed by atoms with E-state index in [1.807, 2.05) is 0 Å². The first-order valence-corrected chi connectivity index (χ1v) is 16.3. The highest BCUT2D eigenvalue weighted by molar-refractivity contribution is 5.71. The lowest BCUT2D eigenvalue weighted by molar-refractivity contribution is -0.155. The summed E-state index contributed by atoms with van der Waals surface area (Å²) in [6.45, 7) is 4.52. The van der Waals surface area contributed by atoms with Gasteiger partial charge >= 0.3 is 5.97 Å². The van der Waals surface area contributed by atoms with Gasteiger partial charge in [-0.1, -0.05) is 87.9 Å². The van der Waals surface area contributed by atoms with Crippen LogP contribution in [0, 0.1) is 29.6 Å². The van der Waals surface area contributed by atoms with Crippen molar-refractivity contribution in [1.82, 2.24) is 0 Å². The van der Waals surface area contributed by atoms with Crippen molar-refractivity contribution in [1.29, 1.82) is 0 Å². The Labute approximate surface area is 238 Å². The van der Waals surface area contributed by atoms with Crippen LogP contribution in [0.2, 0.25) is 0 Å². The molecule has 2 aliphatic rings. The molecule has 0 radical (unpaired) electrons. The summed E-state index contributed by atoms with van der Waals surface area (Å²) in [4.78, 5) is 12.8. The molecule has 0 amide bonds. The number of carbonyl (C=O) groups is 1. The van der Waals surface area contributed by atoms with Crippen molar-refractivity contribution in [3.8, 4) is 0 Å². The van der Waals surface area contributed by atoms with E-state index in [0.717, 1.165) is 51.4 Å². The molecule has 2 aliphatic carbocycles. The van der Waals surface area contributed by atoms with Crippen molar-refractivity contribution >= 4 is 5.97 Å². The minimum Gasteiger partial charge on any atom is -0.481 e. The lowest BCUT2D eigenvalue weighted by atomic mass is 9.49. The molecule has 0 aromatic heterocycles. The van der Waals surface area contributed by atoms with Crippen molar-refractivity contribution in [2.45, 2.75) is 128 Å². The molecule has 0 unspecified atom stereocenters. The normalized spacial score (nSPS) is 26.9. The molecule has 3 rings (SSSR count). The van der Waals surface area contributed by atoms with Gasteiger partial charge in [0.05, 0.1) is 12.0 Å². The molecule has 4 heteroatoms. The Kier molecular flexibility index (Phi) is 13.5. The highest BCUT2D eigenvalue weighted by Crippen LogP contribution is 2.57. The lowest BCUT2D eigenvalue weighted by Gasteiger charge is -2.55. The molecule has 2 fully saturated rings. The summed E-state index contributed by atoms with van der Waals surface area (Å²) in [5.74, 6) is -0.675. The summed E-state index contributed by atoms with van der Waals surface area (Å²) in [6.07, 6.45) is 22.5. The van der Waals surface area contributed by atoms with E-state index in [-0.39, 0.29) is 23.2 Å². The second-order valence-corrected chi connectivity index (χ2v) is 12.7. The van der Waals surface area contributed by atoms with E-state index in [1.54, 1.807) is 6.92 Å². The van der Waals surface area contributed by atoms with Crippen LogP contribution >= 0.6 is 0 Å². The third-order valence-electron chi connectivity index (χ3n) is 10.3. The average molecular weight is 540 g/mol. The number of unbranched alkanes of at least 4 members (excludes halogenated alkanes) is 5. The molecular weight excluding hydrogens is 482 g/mol. The fraction of sp³-hybridized carbons (Fsp3) is 0.743. The van der Waals surface area contributed by atoms with E-state index in [2.05, 4.69) is 49.4 Å². The minimum absolute atomic E-state index is 0.00883. The van der Waals surface area contributed by atoms with Crippen LogP contribution in [0.25, 0.3) is 0 Å². The lowest BCUT2D eigenvalue weighted by Crippen LogP contribution is -2.53. The maximum Gasteiger partial charge on any atom is 0.309 e. The molecule has 1 aromatic carbocycles. The molecule has 4 nitrogen and oxygen atoms in total. The molecule has 0 heterocycles. The van der Waals surface area contributed by atoms with Gasteiger partial charge in [0.2, 0.25) is 0 Å². The van der Waals surface area contributed by atoms with E-state index in [1.165, 1.54) is 56.9 Å². The fourth-order valence-electron chi connectivity index (χ4n) is 8.49. The number of allylic oxidation sites excluding steroid dienone is 2. The van der Waals surface area contributed by atoms with E-state index < -0.39 is 18.0 Å². The van der Waals surface area contributed by atoms with E-state index in [9.17, 15) is 15.0 Å². The zero-order chi connectivity index (χ0) is 28.1. The molecule has 220 valence electrons. The van der Waals surface area contributed by atoms with Gasteiger partial charge < -0.3 is 15.9 Å². The Morgan fingerprint density at radius 2 is 1.69 bits per heavy atom. The summed E-state index contributed by atoms with van der Waals surface area (Å²) in [6, 6.07) is 10.9. The zero-order valence-corrected chi connectivity index (χ0v) is 24.9. The third kappa shape index (κ3) is 8.43. The Balaban J connectivity index is 1.85. The SMILES string of the molecule is CCCCCCC=CCCC[C@@H]1CC[C@@H](C2(c3ccccc3)CCCCC2)[C@H]([C@H](C(=O)O)[C@H](C)O)[C@@H]1CCN. The number of benzene rings is 1. The van der Waals surface area contributed by atoms with Crippen LogP contribution in [0.3, 0.4) is 0 Å². The van der Waals surface area contributed by atoms with Gasteiger partial charge in [0.25, 0.3) is 0 Å². The van der Waals surface area contributed by atoms with E-state index >= 15 is 0 Å². The van der Waals surface area contributed by atoms with Gasteiger partial charge in [-0.3, -0.25) is 4.79 Å². The molecule has 6 atom stereocenters. The number of aliphatic hydroxyl groups is 1. The first-order chi connectivity index (χ1) is 19.0. The van der Waals surface area contributed by atoms with Crippen LogP contribution in [-0.4, -0.2) is 28.8 Å². The molecule has 39 heavy (non-hydrogen) atoms. The predicted molar refractivity (Wildman–Crippen MR) is 163 cm³/mol. The molecule has 2 saturated carbocycles. The quantitative estimate of drug-likeness (QED) is 0.146. The second kappa shape index (κ2) is 16.6. The number of nitrogens with two attached hydrogens (primary N) is 1. The monoisotopic (exact) mass is 539 g/mol. The fourth-order valence-corrected chi connectivity index (χ4v) is 8.49. The largest absolute Gasteiger partial charge is 0.481 e. The smallest absolute Gasteiger partial charge is 0.309 e. The van der Waals surface area contributed by atoms with Gasteiger partial charge in [-0.15, -0.1) is 0 Å². The standard InChI is InChI=1S/C35H57NO3/c1-3-4-5-6-7-8-9-10-13-18-28-21-22-31(33(30(28)23-26-36)32(27(2)37)34(38)39)35(24-16-12-17-25-35)29-19-14-11-15-20-29/h8-9,11,14-15,19-20,27-28,30-33,37H,3-7,10,12-13,16-18,21-26,36H2,1-2H3,(H,38,39)/t27-,28+,30+,31+,32+,33+/m0/s1. The van der Waals surface area contributed by atoms with Crippen LogP contribution in [-0.2, 0) is 10.2 Å². The molecule has 0 saturated heterocycles. The van der Waals surface area contributed by atoms with Gasteiger partial charge in [-0.2, -0.15) is 0 Å². The molecular formula is C35H57NO3. The van der Waals surface area contributed by atoms with Crippen molar-refractivity contribution in [2.75, 3.05) is 6.54 Å². The molecule has 0 spiro atoms. The summed E-state index contributed by atoms with van der Waals surface area (Å²) in [5.41, 5.74) is 7.60. The number of aliphatic carboxylic acids is 1. The van der Waals surface area contributed by atoms with Crippen LogP contribution in [0.5, 0.6) is 0 Å². The average Bonchev–Trinajstić information content (AvgIpc) is 2.94. The number of carboxylic acid groups (broad SMARTS) is 1. The summed E-state index contributed by atoms with van der Waals surface area (Å²) >= 11 is 0. The van der Waals surface area contributed by atoms with Gasteiger partial charge in [0.1, 0.15) is 0 Å². The topological polar surface area (TPSA) is 83.5 Å². The number of carboxylic acids is 1. The molecule has 0 bridgehead atoms. The Morgan fingerprint density at radius 3 is 2.31 bits per heavy atom. The third-order valence-corrected chi connectivity index (χ3v) is 10.3. The Bertz CT molecular complexity index is 845. The predicted octanol–water partition coefficient (Wildman–Crippen LogP) is 8.27. The zero-order valence-electron chi connectivity index (χ0n) is 24.9. The van der Waals surface area contributed by atoms with Crippen LogP contribution in [0.4, 0.5) is 0 Å². The van der Waals surface area contributed by atoms with E-state index in [0.29, 0.717) is 12.5 Å². The Hall–Kier alpha value is -1.65. The highest BCUT2D eigenvalue weighted by Gasteiger charge is 2.54. The van der Waals surface area contributed by atoms with Gasteiger partial charge in [0, 0.05) is 0 Å². The number of hydrogen-bond acceptors (Lipinski definition) is 3. The van der Waals surface area contributed by atoms with Crippen molar-refractivity contribution < 1.29 is 15.0 Å². The summed E-state index contributed by atoms with van der Waals surface area (Å²) in [5, 5.41) is 21.4. The molecule has 0 aliphatic heterocycles. The number of aliphatic hydroxyl groups excluding tert-OH is 1. The van der Waals surface area contributed by atoms with Crippen LogP contribution in [0.1, 0.15) is 122 Å². The van der Waals surface area contributed by atoms with Crippen LogP contribution < -0.4 is 5.73 Å². The van der Waals surface area contributed by atoms with Crippen molar-refractivity contribution in [3.05, 3.63) is 48.0 Å². The summed E-state index contributed by atoms with van der Waals surface area (Å²) in [7, 11) is 0. The second-order valence-electron chi connectivity index (χ2n) is 12.7. The van der Waals surface area contributed by atoms with Gasteiger partial charge in [-0.25, -0.2) is 0 Å². The highest BCUT2D eigenvalue weighted by atomic mass is 16.4. The Morgan fingerprint density at radius 1 is 1.00 bits per heavy atom. The van der Waals surface area contributed by atoms with Gasteiger partial charge in [-0.05, 0) is 112 Å². The van der Waals surface area contributed by atoms with Gasteiger partial charge in [0.15, 0.2) is 0 Å². The number of hydrogen-bond donors (Lipinski definition) is 3. The minimum atomic E-state index is -0.874.